The van der Waals surface area contributed by atoms with Crippen molar-refractivity contribution in [1.29, 1.82) is 0 Å². The Labute approximate surface area is 201 Å². The first kappa shape index (κ1) is 23.6. The molecular weight excluding hydrogens is 452 g/mol. The highest BCUT2D eigenvalue weighted by Crippen LogP contribution is 2.32. The number of methoxy groups -OCH3 is 2. The summed E-state index contributed by atoms with van der Waals surface area (Å²) in [5.74, 6) is 2.31. The third-order valence-electron chi connectivity index (χ3n) is 5.24. The van der Waals surface area contributed by atoms with Crippen LogP contribution in [0.15, 0.2) is 46.9 Å². The van der Waals surface area contributed by atoms with Crippen molar-refractivity contribution in [2.24, 2.45) is 0 Å². The van der Waals surface area contributed by atoms with Crippen molar-refractivity contribution in [1.82, 2.24) is 20.0 Å². The Morgan fingerprint density at radius 2 is 1.89 bits per heavy atom. The minimum atomic E-state index is -0.510. The van der Waals surface area contributed by atoms with Gasteiger partial charge in [-0.2, -0.15) is 0 Å². The molecule has 4 rings (SSSR count). The van der Waals surface area contributed by atoms with Gasteiger partial charge in [0.05, 0.1) is 32.9 Å². The summed E-state index contributed by atoms with van der Waals surface area (Å²) >= 11 is 0. The number of hydrogen-bond donors (Lipinski definition) is 2. The molecule has 0 saturated heterocycles. The zero-order valence-electron chi connectivity index (χ0n) is 19.9. The lowest BCUT2D eigenvalue weighted by molar-refractivity contribution is 0.102. The number of aromatic nitrogens is 4. The van der Waals surface area contributed by atoms with E-state index in [1.807, 2.05) is 31.2 Å². The number of anilines is 2. The van der Waals surface area contributed by atoms with E-state index in [1.165, 1.54) is 18.9 Å². The van der Waals surface area contributed by atoms with Gasteiger partial charge in [0.2, 0.25) is 5.89 Å². The van der Waals surface area contributed by atoms with E-state index in [9.17, 15) is 4.79 Å². The van der Waals surface area contributed by atoms with Crippen LogP contribution in [-0.2, 0) is 6.54 Å². The summed E-state index contributed by atoms with van der Waals surface area (Å²) in [6.07, 6.45) is 0. The Kier molecular flexibility index (Phi) is 6.86. The van der Waals surface area contributed by atoms with Crippen molar-refractivity contribution in [2.75, 3.05) is 31.9 Å². The summed E-state index contributed by atoms with van der Waals surface area (Å²) in [7, 11) is 3.05. The molecule has 35 heavy (non-hydrogen) atoms. The number of nitrogens with one attached hydrogen (secondary N) is 1. The summed E-state index contributed by atoms with van der Waals surface area (Å²) in [6, 6.07) is 12.5. The molecule has 2 heterocycles. The molecule has 3 N–H and O–H groups in total. The number of carbonyl (C=O) groups excluding carboxylic acids is 1. The van der Waals surface area contributed by atoms with Gasteiger partial charge in [-0.15, -0.1) is 5.10 Å². The van der Waals surface area contributed by atoms with Gasteiger partial charge < -0.3 is 29.7 Å². The largest absolute Gasteiger partial charge is 0.493 e. The zero-order valence-corrected chi connectivity index (χ0v) is 19.9. The molecule has 11 heteroatoms. The van der Waals surface area contributed by atoms with Crippen LogP contribution in [0.2, 0.25) is 0 Å². The first-order chi connectivity index (χ1) is 16.9. The predicted octanol–water partition coefficient (Wildman–Crippen LogP) is 3.54. The molecule has 0 unspecified atom stereocenters. The van der Waals surface area contributed by atoms with Gasteiger partial charge in [0, 0.05) is 11.8 Å². The monoisotopic (exact) mass is 478 g/mol. The fourth-order valence-electron chi connectivity index (χ4n) is 3.46. The third-order valence-corrected chi connectivity index (χ3v) is 5.24. The van der Waals surface area contributed by atoms with Crippen LogP contribution in [0.25, 0.3) is 11.5 Å². The van der Waals surface area contributed by atoms with Crippen LogP contribution in [0.3, 0.4) is 0 Å². The summed E-state index contributed by atoms with van der Waals surface area (Å²) < 4.78 is 23.4. The molecule has 0 aliphatic rings. The first-order valence-electron chi connectivity index (χ1n) is 10.9. The molecule has 11 nitrogen and oxygen atoms in total. The molecule has 0 aliphatic heterocycles. The van der Waals surface area contributed by atoms with E-state index in [0.717, 1.165) is 5.56 Å². The van der Waals surface area contributed by atoms with Crippen molar-refractivity contribution < 1.29 is 23.4 Å². The average molecular weight is 479 g/mol. The SMILES string of the molecule is CCOc1ccccc1-c1nc(Cn2nnc(C(=O)Nc3ccc(OC)c(OC)c3)c2N)c(C)o1. The Morgan fingerprint density at radius 1 is 1.11 bits per heavy atom. The Morgan fingerprint density at radius 3 is 2.63 bits per heavy atom. The van der Waals surface area contributed by atoms with Crippen LogP contribution in [0.5, 0.6) is 17.2 Å². The average Bonchev–Trinajstić information content (AvgIpc) is 3.41. The van der Waals surface area contributed by atoms with E-state index in [4.69, 9.17) is 24.4 Å². The molecule has 0 bridgehead atoms. The van der Waals surface area contributed by atoms with Crippen molar-refractivity contribution >= 4 is 17.4 Å². The van der Waals surface area contributed by atoms with Crippen LogP contribution in [-0.4, -0.2) is 46.7 Å². The quantitative estimate of drug-likeness (QED) is 0.370. The molecule has 0 atom stereocenters. The number of ether oxygens (including phenoxy) is 3. The minimum Gasteiger partial charge on any atom is -0.493 e. The molecular formula is C24H26N6O5. The van der Waals surface area contributed by atoms with E-state index in [0.29, 0.717) is 46.9 Å². The molecule has 0 saturated carbocycles. The van der Waals surface area contributed by atoms with Gasteiger partial charge in [-0.1, -0.05) is 17.3 Å². The van der Waals surface area contributed by atoms with Crippen LogP contribution < -0.4 is 25.3 Å². The Bertz CT molecular complexity index is 1350. The fraction of sp³-hybridized carbons (Fsp3) is 0.250. The zero-order chi connectivity index (χ0) is 24.9. The number of aryl methyl sites for hydroxylation is 1. The third kappa shape index (κ3) is 4.88. The van der Waals surface area contributed by atoms with Gasteiger partial charge >= 0.3 is 0 Å². The molecule has 2 aromatic heterocycles. The van der Waals surface area contributed by atoms with Gasteiger partial charge in [0.15, 0.2) is 23.0 Å². The highest BCUT2D eigenvalue weighted by atomic mass is 16.5. The molecule has 2 aromatic carbocycles. The number of oxazole rings is 1. The van der Waals surface area contributed by atoms with E-state index >= 15 is 0 Å². The second kappa shape index (κ2) is 10.2. The number of rotatable bonds is 9. The standard InChI is InChI=1S/C24H26N6O5/c1-5-34-18-9-7-6-8-16(18)24-27-17(14(2)35-24)13-30-22(25)21(28-29-30)23(31)26-15-10-11-19(32-3)20(12-15)33-4/h6-12H,5,13,25H2,1-4H3,(H,26,31). The van der Waals surface area contributed by atoms with Gasteiger partial charge in [0.1, 0.15) is 17.2 Å². The molecule has 0 spiro atoms. The number of amides is 1. The smallest absolute Gasteiger partial charge is 0.280 e. The van der Waals surface area contributed by atoms with E-state index < -0.39 is 5.91 Å². The van der Waals surface area contributed by atoms with Gasteiger partial charge in [-0.05, 0) is 38.1 Å². The summed E-state index contributed by atoms with van der Waals surface area (Å²) in [5.41, 5.74) is 8.02. The number of para-hydroxylation sites is 1. The van der Waals surface area contributed by atoms with Crippen LogP contribution in [0.4, 0.5) is 11.5 Å². The number of nitrogens with zero attached hydrogens (tertiary/aromatic N) is 4. The van der Waals surface area contributed by atoms with E-state index in [-0.39, 0.29) is 18.1 Å². The van der Waals surface area contributed by atoms with Gasteiger partial charge in [-0.25, -0.2) is 9.67 Å². The maximum atomic E-state index is 12.8. The number of benzene rings is 2. The van der Waals surface area contributed by atoms with Gasteiger partial charge in [-0.3, -0.25) is 4.79 Å². The number of nitrogen functional groups attached to an aromatic ring is 1. The van der Waals surface area contributed by atoms with Crippen molar-refractivity contribution in [2.45, 2.75) is 20.4 Å². The Balaban J connectivity index is 1.53. The second-order valence-electron chi connectivity index (χ2n) is 7.46. The second-order valence-corrected chi connectivity index (χ2v) is 7.46. The lowest BCUT2D eigenvalue weighted by atomic mass is 10.2. The van der Waals surface area contributed by atoms with Crippen molar-refractivity contribution in [3.63, 3.8) is 0 Å². The van der Waals surface area contributed by atoms with E-state index in [2.05, 4.69) is 20.6 Å². The highest BCUT2D eigenvalue weighted by Gasteiger charge is 2.21. The van der Waals surface area contributed by atoms with Crippen LogP contribution in [0.1, 0.15) is 28.9 Å². The Hall–Kier alpha value is -4.54. The van der Waals surface area contributed by atoms with E-state index in [1.54, 1.807) is 25.1 Å². The fourth-order valence-corrected chi connectivity index (χ4v) is 3.46. The van der Waals surface area contributed by atoms with Gasteiger partial charge in [0.25, 0.3) is 5.91 Å². The molecule has 0 radical (unpaired) electrons. The maximum absolute atomic E-state index is 12.8. The van der Waals surface area contributed by atoms with Crippen molar-refractivity contribution in [3.05, 3.63) is 59.6 Å². The summed E-state index contributed by atoms with van der Waals surface area (Å²) in [6.45, 7) is 4.41. The number of nitrogens with two attached hydrogens (primary N) is 1. The normalized spacial score (nSPS) is 10.7. The highest BCUT2D eigenvalue weighted by molar-refractivity contribution is 6.05. The molecule has 1 amide bonds. The molecule has 4 aromatic rings. The van der Waals surface area contributed by atoms with Crippen LogP contribution >= 0.6 is 0 Å². The van der Waals surface area contributed by atoms with Crippen LogP contribution in [0, 0.1) is 6.92 Å². The topological polar surface area (TPSA) is 140 Å². The number of carbonyl (C=O) groups is 1. The number of hydrogen-bond acceptors (Lipinski definition) is 9. The molecule has 182 valence electrons. The lowest BCUT2D eigenvalue weighted by Gasteiger charge is -2.10. The first-order valence-corrected chi connectivity index (χ1v) is 10.9. The molecule has 0 aliphatic carbocycles. The minimum absolute atomic E-state index is 0.0113. The van der Waals surface area contributed by atoms with Crippen molar-refractivity contribution in [3.8, 4) is 28.7 Å². The summed E-state index contributed by atoms with van der Waals surface area (Å²) in [5, 5.41) is 10.7. The summed E-state index contributed by atoms with van der Waals surface area (Å²) in [4.78, 5) is 17.4. The predicted molar refractivity (Wildman–Crippen MR) is 129 cm³/mol. The maximum Gasteiger partial charge on any atom is 0.280 e. The lowest BCUT2D eigenvalue weighted by Crippen LogP contribution is -2.15. The molecule has 0 fully saturated rings.